The van der Waals surface area contributed by atoms with Gasteiger partial charge in [0.25, 0.3) is 5.92 Å². The van der Waals surface area contributed by atoms with Gasteiger partial charge in [-0.1, -0.05) is 79.4 Å². The second-order valence-electron chi connectivity index (χ2n) is 9.34. The minimum atomic E-state index is -3.00. The summed E-state index contributed by atoms with van der Waals surface area (Å²) in [4.78, 5) is 15.0. The van der Waals surface area contributed by atoms with E-state index in [4.69, 9.17) is 10.5 Å². The fourth-order valence-corrected chi connectivity index (χ4v) is 5.16. The van der Waals surface area contributed by atoms with Crippen LogP contribution in [0, 0.1) is 5.92 Å². The van der Waals surface area contributed by atoms with Gasteiger partial charge in [-0.25, -0.2) is 4.79 Å². The Hall–Kier alpha value is -3.51. The maximum Gasteiger partial charge on any atom is 0.329 e. The number of allylic oxidation sites excluding steroid dienone is 1. The molecule has 180 valence electrons. The highest BCUT2D eigenvalue weighted by molar-refractivity contribution is 5.80. The zero-order valence-corrected chi connectivity index (χ0v) is 19.4. The van der Waals surface area contributed by atoms with Crippen LogP contribution in [0.15, 0.2) is 85.1 Å². The number of nitrogens with zero attached hydrogens (tertiary/aromatic N) is 1. The van der Waals surface area contributed by atoms with Crippen molar-refractivity contribution in [2.45, 2.75) is 31.4 Å². The Morgan fingerprint density at radius 3 is 2.49 bits per heavy atom. The molecule has 6 heteroatoms. The average molecular weight is 475 g/mol. The third-order valence-electron chi connectivity index (χ3n) is 7.01. The van der Waals surface area contributed by atoms with Crippen LogP contribution in [0.25, 0.3) is 11.1 Å². The second kappa shape index (κ2) is 9.27. The number of carbonyl (C=O) groups excluding carboxylic acids is 1. The molecule has 1 aliphatic carbocycles. The number of likely N-dealkylation sites (tertiary alicyclic amines) is 1. The van der Waals surface area contributed by atoms with E-state index in [0.717, 1.165) is 16.8 Å². The summed E-state index contributed by atoms with van der Waals surface area (Å²) in [5.41, 5.74) is 9.65. The average Bonchev–Trinajstić information content (AvgIpc) is 3.41. The summed E-state index contributed by atoms with van der Waals surface area (Å²) < 4.78 is 35.4. The Labute approximate surface area is 204 Å². The van der Waals surface area contributed by atoms with Gasteiger partial charge >= 0.3 is 5.97 Å². The van der Waals surface area contributed by atoms with Crippen molar-refractivity contribution in [1.29, 1.82) is 0 Å². The molecule has 2 atom stereocenters. The predicted molar refractivity (Wildman–Crippen MR) is 132 cm³/mol. The van der Waals surface area contributed by atoms with E-state index in [-0.39, 0.29) is 29.6 Å². The van der Waals surface area contributed by atoms with Crippen molar-refractivity contribution in [3.8, 4) is 11.1 Å². The molecular weight excluding hydrogens is 446 g/mol. The molecule has 3 aromatic carbocycles. The fraction of sp³-hybridized carbons (Fsp3) is 0.276. The second-order valence-corrected chi connectivity index (χ2v) is 9.34. The van der Waals surface area contributed by atoms with Gasteiger partial charge in [0, 0.05) is 29.8 Å². The van der Waals surface area contributed by atoms with Crippen molar-refractivity contribution >= 4 is 5.97 Å². The largest absolute Gasteiger partial charge is 0.459 e. The van der Waals surface area contributed by atoms with Crippen LogP contribution in [0.5, 0.6) is 0 Å². The van der Waals surface area contributed by atoms with E-state index in [9.17, 15) is 13.6 Å². The summed E-state index contributed by atoms with van der Waals surface area (Å²) in [6, 6.07) is 20.8. The van der Waals surface area contributed by atoms with Crippen molar-refractivity contribution in [3.63, 3.8) is 0 Å². The van der Waals surface area contributed by atoms with Crippen molar-refractivity contribution < 1.29 is 18.3 Å². The van der Waals surface area contributed by atoms with Gasteiger partial charge in [0.1, 0.15) is 12.6 Å². The standard InChI is InChI=1S/C29H28F2N2O2/c1-19(13-21-11-12-26-24(14-21)23-9-5-6-10-25(23)29(26,30)31)33-17-22(16-32)15-27(33)28(34)35-18-20-7-3-2-4-8-20/h2-12,14,22,27H,1,13,15-18,32H2. The SMILES string of the molecule is C=C(Cc1ccc2c(c1)-c1ccccc1C2(F)F)N1CC(CN)CC1C(=O)OCc1ccccc1. The fourth-order valence-electron chi connectivity index (χ4n) is 5.16. The monoisotopic (exact) mass is 474 g/mol. The number of carbonyl (C=O) groups is 1. The lowest BCUT2D eigenvalue weighted by Crippen LogP contribution is -2.37. The molecule has 1 aliphatic heterocycles. The first-order chi connectivity index (χ1) is 16.9. The Morgan fingerprint density at radius 1 is 1.00 bits per heavy atom. The van der Waals surface area contributed by atoms with Gasteiger partial charge in [-0.2, -0.15) is 8.78 Å². The van der Waals surface area contributed by atoms with Crippen LogP contribution in [-0.4, -0.2) is 30.0 Å². The zero-order chi connectivity index (χ0) is 24.6. The molecule has 3 aromatic rings. The third kappa shape index (κ3) is 4.34. The molecule has 0 saturated carbocycles. The number of esters is 1. The van der Waals surface area contributed by atoms with Crippen LogP contribution in [0.4, 0.5) is 8.78 Å². The number of rotatable bonds is 7. The van der Waals surface area contributed by atoms with E-state index in [1.54, 1.807) is 24.3 Å². The first-order valence-electron chi connectivity index (χ1n) is 11.8. The minimum Gasteiger partial charge on any atom is -0.459 e. The quantitative estimate of drug-likeness (QED) is 0.475. The lowest BCUT2D eigenvalue weighted by molar-refractivity contribution is -0.149. The van der Waals surface area contributed by atoms with Gasteiger partial charge in [0.05, 0.1) is 0 Å². The summed E-state index contributed by atoms with van der Waals surface area (Å²) in [6.45, 7) is 5.54. The zero-order valence-electron chi connectivity index (χ0n) is 19.4. The van der Waals surface area contributed by atoms with Gasteiger partial charge in [-0.3, -0.25) is 0 Å². The van der Waals surface area contributed by atoms with Crippen molar-refractivity contribution in [1.82, 2.24) is 4.90 Å². The normalized spacial score (nSPS) is 19.8. The van der Waals surface area contributed by atoms with Crippen LogP contribution < -0.4 is 5.73 Å². The van der Waals surface area contributed by atoms with Crippen LogP contribution in [0.3, 0.4) is 0 Å². The molecule has 0 spiro atoms. The minimum absolute atomic E-state index is 0.0276. The van der Waals surface area contributed by atoms with Gasteiger partial charge in [-0.05, 0) is 41.1 Å². The topological polar surface area (TPSA) is 55.6 Å². The van der Waals surface area contributed by atoms with Gasteiger partial charge in [-0.15, -0.1) is 0 Å². The molecule has 35 heavy (non-hydrogen) atoms. The van der Waals surface area contributed by atoms with E-state index in [0.29, 0.717) is 37.1 Å². The molecule has 2 N–H and O–H groups in total. The van der Waals surface area contributed by atoms with E-state index >= 15 is 0 Å². The number of ether oxygens (including phenoxy) is 1. The molecule has 0 amide bonds. The number of hydrogen-bond acceptors (Lipinski definition) is 4. The third-order valence-corrected chi connectivity index (χ3v) is 7.01. The van der Waals surface area contributed by atoms with Crippen LogP contribution in [0.1, 0.15) is 28.7 Å². The van der Waals surface area contributed by atoms with Crippen LogP contribution >= 0.6 is 0 Å². The van der Waals surface area contributed by atoms with Gasteiger partial charge in [0.2, 0.25) is 0 Å². The summed E-state index contributed by atoms with van der Waals surface area (Å²) in [6.07, 6.45) is 1.05. The van der Waals surface area contributed by atoms with E-state index < -0.39 is 12.0 Å². The van der Waals surface area contributed by atoms with Crippen molar-refractivity contribution in [3.05, 3.63) is 107 Å². The lowest BCUT2D eigenvalue weighted by Gasteiger charge is -2.27. The first kappa shape index (κ1) is 23.2. The molecule has 0 radical (unpaired) electrons. The Kier molecular flexibility index (Phi) is 6.15. The Morgan fingerprint density at radius 2 is 1.71 bits per heavy atom. The number of nitrogens with two attached hydrogens (primary N) is 1. The number of alkyl halides is 2. The van der Waals surface area contributed by atoms with E-state index in [2.05, 4.69) is 6.58 Å². The lowest BCUT2D eigenvalue weighted by atomic mass is 10.00. The molecule has 2 aliphatic rings. The Bertz CT molecular complexity index is 1260. The molecule has 0 bridgehead atoms. The number of halogens is 2. The molecule has 2 unspecified atom stereocenters. The van der Waals surface area contributed by atoms with Crippen LogP contribution in [0.2, 0.25) is 0 Å². The van der Waals surface area contributed by atoms with E-state index in [1.165, 1.54) is 12.1 Å². The predicted octanol–water partition coefficient (Wildman–Crippen LogP) is 5.26. The highest BCUT2D eigenvalue weighted by Crippen LogP contribution is 2.51. The van der Waals surface area contributed by atoms with Crippen molar-refractivity contribution in [2.24, 2.45) is 11.7 Å². The Balaban J connectivity index is 1.33. The molecular formula is C29H28F2N2O2. The maximum absolute atomic E-state index is 14.9. The summed E-state index contributed by atoms with van der Waals surface area (Å²) in [5, 5.41) is 0. The van der Waals surface area contributed by atoms with Gasteiger partial charge in [0.15, 0.2) is 0 Å². The number of benzene rings is 3. The highest BCUT2D eigenvalue weighted by atomic mass is 19.3. The number of fused-ring (bicyclic) bond motifs is 3. The summed E-state index contributed by atoms with van der Waals surface area (Å²) in [5.74, 6) is -3.14. The summed E-state index contributed by atoms with van der Waals surface area (Å²) >= 11 is 0. The number of hydrogen-bond donors (Lipinski definition) is 1. The molecule has 1 heterocycles. The highest BCUT2D eigenvalue weighted by Gasteiger charge is 2.44. The summed E-state index contributed by atoms with van der Waals surface area (Å²) in [7, 11) is 0. The van der Waals surface area contributed by atoms with E-state index in [1.807, 2.05) is 41.3 Å². The van der Waals surface area contributed by atoms with Crippen molar-refractivity contribution in [2.75, 3.05) is 13.1 Å². The molecule has 5 rings (SSSR count). The molecule has 1 saturated heterocycles. The maximum atomic E-state index is 14.9. The molecule has 4 nitrogen and oxygen atoms in total. The van der Waals surface area contributed by atoms with Crippen LogP contribution in [-0.2, 0) is 28.5 Å². The smallest absolute Gasteiger partial charge is 0.329 e. The van der Waals surface area contributed by atoms with Gasteiger partial charge < -0.3 is 15.4 Å². The first-order valence-corrected chi connectivity index (χ1v) is 11.8. The molecule has 1 fully saturated rings. The molecule has 0 aromatic heterocycles.